The zero-order valence-corrected chi connectivity index (χ0v) is 12.4. The Balaban J connectivity index is 2.16. The van der Waals surface area contributed by atoms with Gasteiger partial charge in [0, 0.05) is 18.2 Å². The first-order valence-corrected chi connectivity index (χ1v) is 7.03. The van der Waals surface area contributed by atoms with Crippen LogP contribution in [0.1, 0.15) is 37.9 Å². The molecule has 0 aliphatic heterocycles. The van der Waals surface area contributed by atoms with E-state index in [9.17, 15) is 5.11 Å². The Kier molecular flexibility index (Phi) is 4.46. The molecule has 1 unspecified atom stereocenters. The second-order valence-corrected chi connectivity index (χ2v) is 6.22. The molecule has 2 nitrogen and oxygen atoms in total. The molecular formula is C18H23NO. The predicted octanol–water partition coefficient (Wildman–Crippen LogP) is 4.27. The largest absolute Gasteiger partial charge is 0.508 e. The number of para-hydroxylation sites is 1. The summed E-state index contributed by atoms with van der Waals surface area (Å²) in [7, 11) is 0. The first-order chi connectivity index (χ1) is 9.48. The van der Waals surface area contributed by atoms with Crippen LogP contribution >= 0.6 is 0 Å². The zero-order chi connectivity index (χ0) is 14.6. The Labute approximate surface area is 121 Å². The van der Waals surface area contributed by atoms with Crippen molar-refractivity contribution >= 4 is 0 Å². The number of aromatic hydroxyl groups is 1. The quantitative estimate of drug-likeness (QED) is 0.868. The van der Waals surface area contributed by atoms with E-state index in [1.807, 2.05) is 24.3 Å². The highest BCUT2D eigenvalue weighted by Gasteiger charge is 2.25. The molecule has 2 aromatic carbocycles. The SMILES string of the molecule is CC(C)(C)C(NCc1ccccc1O)c1ccccc1. The van der Waals surface area contributed by atoms with Gasteiger partial charge in [-0.2, -0.15) is 0 Å². The highest BCUT2D eigenvalue weighted by molar-refractivity contribution is 5.32. The average molecular weight is 269 g/mol. The van der Waals surface area contributed by atoms with Gasteiger partial charge in [-0.25, -0.2) is 0 Å². The summed E-state index contributed by atoms with van der Waals surface area (Å²) >= 11 is 0. The third kappa shape index (κ3) is 3.61. The minimum atomic E-state index is 0.103. The van der Waals surface area contributed by atoms with E-state index in [2.05, 4.69) is 50.4 Å². The summed E-state index contributed by atoms with van der Waals surface area (Å²) in [5, 5.41) is 13.4. The molecule has 20 heavy (non-hydrogen) atoms. The molecule has 0 fully saturated rings. The number of phenols is 1. The van der Waals surface area contributed by atoms with Gasteiger partial charge in [-0.05, 0) is 17.0 Å². The lowest BCUT2D eigenvalue weighted by Gasteiger charge is -2.32. The van der Waals surface area contributed by atoms with Gasteiger partial charge in [0.05, 0.1) is 0 Å². The van der Waals surface area contributed by atoms with Crippen LogP contribution in [-0.4, -0.2) is 5.11 Å². The fourth-order valence-electron chi connectivity index (χ4n) is 2.44. The van der Waals surface area contributed by atoms with Crippen LogP contribution in [0.3, 0.4) is 0 Å². The molecule has 0 saturated carbocycles. The maximum Gasteiger partial charge on any atom is 0.120 e. The standard InChI is InChI=1S/C18H23NO/c1-18(2,3)17(14-9-5-4-6-10-14)19-13-15-11-7-8-12-16(15)20/h4-12,17,19-20H,13H2,1-3H3. The van der Waals surface area contributed by atoms with Gasteiger partial charge in [0.15, 0.2) is 0 Å². The summed E-state index contributed by atoms with van der Waals surface area (Å²) in [6.45, 7) is 7.33. The van der Waals surface area contributed by atoms with E-state index in [1.54, 1.807) is 6.07 Å². The normalized spacial score (nSPS) is 13.2. The summed E-state index contributed by atoms with van der Waals surface area (Å²) in [6.07, 6.45) is 0. The number of benzene rings is 2. The lowest BCUT2D eigenvalue weighted by molar-refractivity contribution is 0.270. The number of hydrogen-bond acceptors (Lipinski definition) is 2. The molecule has 0 radical (unpaired) electrons. The molecule has 106 valence electrons. The van der Waals surface area contributed by atoms with Crippen molar-refractivity contribution in [3.63, 3.8) is 0 Å². The van der Waals surface area contributed by atoms with Gasteiger partial charge in [-0.3, -0.25) is 0 Å². The van der Waals surface area contributed by atoms with Crippen LogP contribution in [-0.2, 0) is 6.54 Å². The van der Waals surface area contributed by atoms with E-state index in [4.69, 9.17) is 0 Å². The van der Waals surface area contributed by atoms with Crippen LogP contribution in [0.5, 0.6) is 5.75 Å². The van der Waals surface area contributed by atoms with Crippen LogP contribution in [0.2, 0.25) is 0 Å². The van der Waals surface area contributed by atoms with Crippen molar-refractivity contribution in [2.24, 2.45) is 5.41 Å². The molecule has 2 aromatic rings. The van der Waals surface area contributed by atoms with Gasteiger partial charge in [0.1, 0.15) is 5.75 Å². The first-order valence-electron chi connectivity index (χ1n) is 7.03. The molecule has 0 aromatic heterocycles. The monoisotopic (exact) mass is 269 g/mol. The third-order valence-electron chi connectivity index (χ3n) is 3.49. The molecule has 1 atom stereocenters. The molecule has 2 heteroatoms. The fraction of sp³-hybridized carbons (Fsp3) is 0.333. The average Bonchev–Trinajstić information content (AvgIpc) is 2.41. The highest BCUT2D eigenvalue weighted by atomic mass is 16.3. The molecule has 2 rings (SSSR count). The topological polar surface area (TPSA) is 32.3 Å². The van der Waals surface area contributed by atoms with Crippen molar-refractivity contribution < 1.29 is 5.11 Å². The van der Waals surface area contributed by atoms with Gasteiger partial charge in [-0.15, -0.1) is 0 Å². The Morgan fingerprint density at radius 2 is 1.55 bits per heavy atom. The first kappa shape index (κ1) is 14.6. The van der Waals surface area contributed by atoms with Crippen molar-refractivity contribution in [2.75, 3.05) is 0 Å². The van der Waals surface area contributed by atoms with E-state index in [0.717, 1.165) is 5.56 Å². The molecule has 0 bridgehead atoms. The Bertz CT molecular complexity index is 543. The van der Waals surface area contributed by atoms with Crippen LogP contribution in [0, 0.1) is 5.41 Å². The minimum absolute atomic E-state index is 0.103. The van der Waals surface area contributed by atoms with E-state index in [-0.39, 0.29) is 11.5 Å². The van der Waals surface area contributed by atoms with Gasteiger partial charge < -0.3 is 10.4 Å². The molecule has 0 heterocycles. The minimum Gasteiger partial charge on any atom is -0.508 e. The molecule has 0 aliphatic rings. The van der Waals surface area contributed by atoms with Gasteiger partial charge in [0.25, 0.3) is 0 Å². The second kappa shape index (κ2) is 6.10. The third-order valence-corrected chi connectivity index (χ3v) is 3.49. The molecular weight excluding hydrogens is 246 g/mol. The van der Waals surface area contributed by atoms with Gasteiger partial charge in [-0.1, -0.05) is 69.3 Å². The van der Waals surface area contributed by atoms with E-state index in [1.165, 1.54) is 5.56 Å². The van der Waals surface area contributed by atoms with Crippen molar-refractivity contribution in [1.29, 1.82) is 0 Å². The smallest absolute Gasteiger partial charge is 0.120 e. The molecule has 0 aliphatic carbocycles. The maximum absolute atomic E-state index is 9.86. The highest BCUT2D eigenvalue weighted by Crippen LogP contribution is 2.33. The Morgan fingerprint density at radius 1 is 0.950 bits per heavy atom. The van der Waals surface area contributed by atoms with Crippen molar-refractivity contribution in [1.82, 2.24) is 5.32 Å². The Morgan fingerprint density at radius 3 is 2.15 bits per heavy atom. The summed E-state index contributed by atoms with van der Waals surface area (Å²) in [5.74, 6) is 0.348. The lowest BCUT2D eigenvalue weighted by atomic mass is 9.82. The van der Waals surface area contributed by atoms with Crippen LogP contribution in [0.25, 0.3) is 0 Å². The summed E-state index contributed by atoms with van der Waals surface area (Å²) in [5.41, 5.74) is 2.30. The van der Waals surface area contributed by atoms with Gasteiger partial charge in [0.2, 0.25) is 0 Å². The van der Waals surface area contributed by atoms with Crippen molar-refractivity contribution in [3.05, 3.63) is 65.7 Å². The maximum atomic E-state index is 9.86. The number of rotatable bonds is 4. The Hall–Kier alpha value is -1.80. The molecule has 0 amide bonds. The number of nitrogens with one attached hydrogen (secondary N) is 1. The molecule has 0 spiro atoms. The molecule has 2 N–H and O–H groups in total. The summed E-state index contributed by atoms with van der Waals surface area (Å²) in [6, 6.07) is 18.2. The number of hydrogen-bond donors (Lipinski definition) is 2. The summed E-state index contributed by atoms with van der Waals surface area (Å²) in [4.78, 5) is 0. The fourth-order valence-corrected chi connectivity index (χ4v) is 2.44. The van der Waals surface area contributed by atoms with Crippen LogP contribution in [0.4, 0.5) is 0 Å². The number of phenolic OH excluding ortho intramolecular Hbond substituents is 1. The molecule has 0 saturated heterocycles. The van der Waals surface area contributed by atoms with Crippen molar-refractivity contribution in [3.8, 4) is 5.75 Å². The van der Waals surface area contributed by atoms with Crippen LogP contribution in [0.15, 0.2) is 54.6 Å². The van der Waals surface area contributed by atoms with Crippen molar-refractivity contribution in [2.45, 2.75) is 33.4 Å². The van der Waals surface area contributed by atoms with Crippen LogP contribution < -0.4 is 5.32 Å². The lowest BCUT2D eigenvalue weighted by Crippen LogP contribution is -2.32. The van der Waals surface area contributed by atoms with E-state index >= 15 is 0 Å². The summed E-state index contributed by atoms with van der Waals surface area (Å²) < 4.78 is 0. The van der Waals surface area contributed by atoms with Gasteiger partial charge >= 0.3 is 0 Å². The predicted molar refractivity (Wildman–Crippen MR) is 83.6 cm³/mol. The zero-order valence-electron chi connectivity index (χ0n) is 12.4. The van der Waals surface area contributed by atoms with E-state index < -0.39 is 0 Å². The van der Waals surface area contributed by atoms with E-state index in [0.29, 0.717) is 12.3 Å². The second-order valence-electron chi connectivity index (χ2n) is 6.22.